The molecule has 3 nitrogen and oxygen atoms in total. The summed E-state index contributed by atoms with van der Waals surface area (Å²) in [6, 6.07) is 10.2. The third-order valence-electron chi connectivity index (χ3n) is 2.77. The van der Waals surface area contributed by atoms with Crippen LogP contribution in [0.5, 0.6) is 0 Å². The van der Waals surface area contributed by atoms with Crippen molar-refractivity contribution in [2.45, 2.75) is 32.9 Å². The number of hydrogen-bond acceptors (Lipinski definition) is 2. The third kappa shape index (κ3) is 2.74. The van der Waals surface area contributed by atoms with Crippen molar-refractivity contribution in [3.05, 3.63) is 53.3 Å². The summed E-state index contributed by atoms with van der Waals surface area (Å²) in [7, 11) is 0. The van der Waals surface area contributed by atoms with E-state index in [1.165, 1.54) is 5.56 Å². The van der Waals surface area contributed by atoms with Gasteiger partial charge in [-0.3, -0.25) is 4.68 Å². The molecule has 0 spiro atoms. The quantitative estimate of drug-likeness (QED) is 0.876. The van der Waals surface area contributed by atoms with Gasteiger partial charge in [-0.1, -0.05) is 44.2 Å². The molecule has 0 fully saturated rings. The molecule has 0 amide bonds. The van der Waals surface area contributed by atoms with Gasteiger partial charge in [0.2, 0.25) is 0 Å². The Hall–Kier alpha value is -1.61. The zero-order chi connectivity index (χ0) is 12.3. The van der Waals surface area contributed by atoms with Gasteiger partial charge in [0.05, 0.1) is 18.8 Å². The maximum Gasteiger partial charge on any atom is 0.0715 e. The van der Waals surface area contributed by atoms with Crippen LogP contribution in [0.2, 0.25) is 0 Å². The first-order valence-electron chi connectivity index (χ1n) is 5.91. The number of rotatable bonds is 4. The first-order chi connectivity index (χ1) is 8.20. The first-order valence-corrected chi connectivity index (χ1v) is 5.91. The highest BCUT2D eigenvalue weighted by Crippen LogP contribution is 2.18. The summed E-state index contributed by atoms with van der Waals surface area (Å²) >= 11 is 0. The van der Waals surface area contributed by atoms with Gasteiger partial charge in [0.15, 0.2) is 0 Å². The average molecular weight is 230 g/mol. The summed E-state index contributed by atoms with van der Waals surface area (Å²) in [6.45, 7) is 4.99. The third-order valence-corrected chi connectivity index (χ3v) is 2.77. The van der Waals surface area contributed by atoms with E-state index in [-0.39, 0.29) is 6.61 Å². The highest BCUT2D eigenvalue weighted by atomic mass is 16.3. The van der Waals surface area contributed by atoms with Gasteiger partial charge in [-0.05, 0) is 11.5 Å². The van der Waals surface area contributed by atoms with Crippen molar-refractivity contribution in [3.63, 3.8) is 0 Å². The number of aromatic nitrogens is 2. The fraction of sp³-hybridized carbons (Fsp3) is 0.357. The second-order valence-electron chi connectivity index (χ2n) is 4.54. The van der Waals surface area contributed by atoms with E-state index in [1.54, 1.807) is 0 Å². The van der Waals surface area contributed by atoms with Crippen molar-refractivity contribution in [2.24, 2.45) is 0 Å². The van der Waals surface area contributed by atoms with Crippen molar-refractivity contribution < 1.29 is 5.11 Å². The van der Waals surface area contributed by atoms with Crippen molar-refractivity contribution in [1.82, 2.24) is 9.78 Å². The van der Waals surface area contributed by atoms with Crippen LogP contribution in [0.25, 0.3) is 0 Å². The van der Waals surface area contributed by atoms with E-state index in [0.717, 1.165) is 17.8 Å². The minimum atomic E-state index is 0.0578. The fourth-order valence-electron chi connectivity index (χ4n) is 1.94. The molecule has 1 aromatic carbocycles. The molecule has 0 aliphatic rings. The maximum atomic E-state index is 9.29. The summed E-state index contributed by atoms with van der Waals surface area (Å²) in [4.78, 5) is 0. The molecule has 0 aliphatic carbocycles. The largest absolute Gasteiger partial charge is 0.392 e. The Bertz CT molecular complexity index is 474. The highest BCUT2D eigenvalue weighted by molar-refractivity contribution is 5.21. The standard InChI is InChI=1S/C14H18N2O/c1-11(2)14-13(10-17)9-16(15-14)8-12-6-4-3-5-7-12/h3-7,9,11,17H,8,10H2,1-2H3. The molecule has 0 bridgehead atoms. The van der Waals surface area contributed by atoms with Gasteiger partial charge < -0.3 is 5.11 Å². The smallest absolute Gasteiger partial charge is 0.0715 e. The second kappa shape index (κ2) is 5.15. The molecular formula is C14H18N2O. The maximum absolute atomic E-state index is 9.29. The van der Waals surface area contributed by atoms with Gasteiger partial charge >= 0.3 is 0 Å². The van der Waals surface area contributed by atoms with Gasteiger partial charge in [-0.25, -0.2) is 0 Å². The van der Waals surface area contributed by atoms with Gasteiger partial charge in [-0.15, -0.1) is 0 Å². The molecule has 17 heavy (non-hydrogen) atoms. The van der Waals surface area contributed by atoms with E-state index in [9.17, 15) is 5.11 Å². The number of hydrogen-bond donors (Lipinski definition) is 1. The van der Waals surface area contributed by atoms with Gasteiger partial charge in [0.25, 0.3) is 0 Å². The van der Waals surface area contributed by atoms with Crippen molar-refractivity contribution >= 4 is 0 Å². The Morgan fingerprint density at radius 2 is 1.94 bits per heavy atom. The van der Waals surface area contributed by atoms with Crippen LogP contribution in [0.15, 0.2) is 36.5 Å². The molecule has 90 valence electrons. The van der Waals surface area contributed by atoms with Gasteiger partial charge in [0, 0.05) is 11.8 Å². The highest BCUT2D eigenvalue weighted by Gasteiger charge is 2.11. The number of aliphatic hydroxyl groups is 1. The fourth-order valence-corrected chi connectivity index (χ4v) is 1.94. The van der Waals surface area contributed by atoms with Gasteiger partial charge in [-0.2, -0.15) is 5.10 Å². The number of nitrogens with zero attached hydrogens (tertiary/aromatic N) is 2. The molecule has 0 atom stereocenters. The van der Waals surface area contributed by atoms with Crippen molar-refractivity contribution in [2.75, 3.05) is 0 Å². The molecule has 0 radical (unpaired) electrons. The molecule has 0 unspecified atom stereocenters. The predicted molar refractivity (Wildman–Crippen MR) is 67.8 cm³/mol. The van der Waals surface area contributed by atoms with E-state index >= 15 is 0 Å². The lowest BCUT2D eigenvalue weighted by Gasteiger charge is -2.02. The predicted octanol–water partition coefficient (Wildman–Crippen LogP) is 2.55. The van der Waals surface area contributed by atoms with Crippen LogP contribution >= 0.6 is 0 Å². The molecule has 1 heterocycles. The van der Waals surface area contributed by atoms with E-state index in [1.807, 2.05) is 29.1 Å². The molecule has 2 aromatic rings. The van der Waals surface area contributed by atoms with Crippen LogP contribution in [0.3, 0.4) is 0 Å². The topological polar surface area (TPSA) is 38.0 Å². The van der Waals surface area contributed by atoms with Crippen LogP contribution in [0.1, 0.15) is 36.6 Å². The number of benzene rings is 1. The minimum absolute atomic E-state index is 0.0578. The normalized spacial score (nSPS) is 11.1. The summed E-state index contributed by atoms with van der Waals surface area (Å²) in [5.41, 5.74) is 3.13. The summed E-state index contributed by atoms with van der Waals surface area (Å²) in [6.07, 6.45) is 1.93. The molecule has 2 rings (SSSR count). The van der Waals surface area contributed by atoms with E-state index in [4.69, 9.17) is 0 Å². The lowest BCUT2D eigenvalue weighted by Crippen LogP contribution is -2.01. The number of aliphatic hydroxyl groups excluding tert-OH is 1. The Morgan fingerprint density at radius 3 is 2.47 bits per heavy atom. The first kappa shape index (κ1) is 11.9. The SMILES string of the molecule is CC(C)c1nn(Cc2ccccc2)cc1CO. The Morgan fingerprint density at radius 1 is 1.24 bits per heavy atom. The lowest BCUT2D eigenvalue weighted by atomic mass is 10.1. The lowest BCUT2D eigenvalue weighted by molar-refractivity contribution is 0.280. The van der Waals surface area contributed by atoms with E-state index in [2.05, 4.69) is 31.1 Å². The Kier molecular flexibility index (Phi) is 3.59. The van der Waals surface area contributed by atoms with Gasteiger partial charge in [0.1, 0.15) is 0 Å². The zero-order valence-electron chi connectivity index (χ0n) is 10.3. The minimum Gasteiger partial charge on any atom is -0.392 e. The molecule has 0 saturated heterocycles. The van der Waals surface area contributed by atoms with Crippen molar-refractivity contribution in [3.8, 4) is 0 Å². The molecule has 0 aliphatic heterocycles. The van der Waals surface area contributed by atoms with Crippen LogP contribution in [-0.4, -0.2) is 14.9 Å². The molecular weight excluding hydrogens is 212 g/mol. The van der Waals surface area contributed by atoms with Crippen molar-refractivity contribution in [1.29, 1.82) is 0 Å². The van der Waals surface area contributed by atoms with Crippen LogP contribution < -0.4 is 0 Å². The van der Waals surface area contributed by atoms with E-state index < -0.39 is 0 Å². The van der Waals surface area contributed by atoms with Crippen LogP contribution in [-0.2, 0) is 13.2 Å². The summed E-state index contributed by atoms with van der Waals surface area (Å²) in [5, 5.41) is 13.8. The molecule has 1 N–H and O–H groups in total. The van der Waals surface area contributed by atoms with Crippen LogP contribution in [0.4, 0.5) is 0 Å². The average Bonchev–Trinajstić information content (AvgIpc) is 2.73. The Balaban J connectivity index is 2.23. The monoisotopic (exact) mass is 230 g/mol. The Labute approximate surface area is 102 Å². The molecule has 1 aromatic heterocycles. The summed E-state index contributed by atoms with van der Waals surface area (Å²) < 4.78 is 1.90. The molecule has 3 heteroatoms. The van der Waals surface area contributed by atoms with E-state index in [0.29, 0.717) is 5.92 Å². The van der Waals surface area contributed by atoms with Crippen LogP contribution in [0, 0.1) is 0 Å². The second-order valence-corrected chi connectivity index (χ2v) is 4.54. The summed E-state index contributed by atoms with van der Waals surface area (Å²) in [5.74, 6) is 0.342. The zero-order valence-corrected chi connectivity index (χ0v) is 10.3. The molecule has 0 saturated carbocycles.